The fourth-order valence-electron chi connectivity index (χ4n) is 2.05. The molecular formula is C15H16BrN3O2. The van der Waals surface area contributed by atoms with Crippen LogP contribution in [0.2, 0.25) is 0 Å². The molecule has 2 rings (SSSR count). The van der Waals surface area contributed by atoms with Gasteiger partial charge in [-0.15, -0.1) is 0 Å². The van der Waals surface area contributed by atoms with Crippen LogP contribution in [0, 0.1) is 10.1 Å². The van der Waals surface area contributed by atoms with Crippen molar-refractivity contribution in [3.63, 3.8) is 0 Å². The number of para-hydroxylation sites is 1. The number of nitro benzene ring substituents is 1. The molecule has 0 saturated heterocycles. The lowest BCUT2D eigenvalue weighted by Gasteiger charge is -2.11. The zero-order chi connectivity index (χ0) is 15.2. The first-order valence-electron chi connectivity index (χ1n) is 6.62. The van der Waals surface area contributed by atoms with Crippen molar-refractivity contribution in [2.24, 2.45) is 0 Å². The van der Waals surface area contributed by atoms with Crippen molar-refractivity contribution >= 4 is 33.0 Å². The van der Waals surface area contributed by atoms with E-state index in [9.17, 15) is 10.1 Å². The number of rotatable bonds is 6. The van der Waals surface area contributed by atoms with E-state index in [0.29, 0.717) is 24.5 Å². The van der Waals surface area contributed by atoms with Crippen LogP contribution in [-0.2, 0) is 6.54 Å². The summed E-state index contributed by atoms with van der Waals surface area (Å²) in [6, 6.07) is 13.0. The van der Waals surface area contributed by atoms with Gasteiger partial charge in [-0.3, -0.25) is 10.1 Å². The Morgan fingerprint density at radius 2 is 1.76 bits per heavy atom. The van der Waals surface area contributed by atoms with Gasteiger partial charge >= 0.3 is 5.69 Å². The highest BCUT2D eigenvalue weighted by Gasteiger charge is 2.19. The van der Waals surface area contributed by atoms with Crippen LogP contribution in [0.1, 0.15) is 12.5 Å². The first-order chi connectivity index (χ1) is 10.1. The van der Waals surface area contributed by atoms with Crippen molar-refractivity contribution in [2.75, 3.05) is 17.2 Å². The lowest BCUT2D eigenvalue weighted by atomic mass is 10.2. The third-order valence-electron chi connectivity index (χ3n) is 3.01. The van der Waals surface area contributed by atoms with Crippen molar-refractivity contribution in [2.45, 2.75) is 13.5 Å². The Kier molecular flexibility index (Phi) is 5.16. The molecule has 0 atom stereocenters. The van der Waals surface area contributed by atoms with E-state index < -0.39 is 0 Å². The number of benzene rings is 2. The Labute approximate surface area is 131 Å². The van der Waals surface area contributed by atoms with Crippen molar-refractivity contribution < 1.29 is 4.92 Å². The number of nitrogens with zero attached hydrogens (tertiary/aromatic N) is 1. The van der Waals surface area contributed by atoms with E-state index in [1.54, 1.807) is 18.2 Å². The molecule has 0 fully saturated rings. The summed E-state index contributed by atoms with van der Waals surface area (Å²) in [7, 11) is 0. The van der Waals surface area contributed by atoms with E-state index >= 15 is 0 Å². The molecule has 0 saturated carbocycles. The molecule has 0 spiro atoms. The second kappa shape index (κ2) is 7.08. The normalized spacial score (nSPS) is 10.2. The van der Waals surface area contributed by atoms with Crippen LogP contribution >= 0.6 is 15.9 Å². The maximum atomic E-state index is 11.3. The minimum atomic E-state index is -0.361. The number of nitro groups is 1. The molecule has 0 bridgehead atoms. The van der Waals surface area contributed by atoms with E-state index in [1.807, 2.05) is 31.2 Å². The molecule has 0 radical (unpaired) electrons. The summed E-state index contributed by atoms with van der Waals surface area (Å²) in [5.41, 5.74) is 2.15. The van der Waals surface area contributed by atoms with Gasteiger partial charge in [-0.2, -0.15) is 0 Å². The summed E-state index contributed by atoms with van der Waals surface area (Å²) < 4.78 is 0.975. The lowest BCUT2D eigenvalue weighted by molar-refractivity contribution is -0.383. The minimum Gasteiger partial charge on any atom is -0.380 e. The fraction of sp³-hybridized carbons (Fsp3) is 0.200. The number of hydrogen-bond donors (Lipinski definition) is 2. The van der Waals surface area contributed by atoms with Crippen LogP contribution in [-0.4, -0.2) is 11.5 Å². The molecule has 6 heteroatoms. The Hall–Kier alpha value is -2.08. The second-order valence-corrected chi connectivity index (χ2v) is 5.29. The average Bonchev–Trinajstić information content (AvgIpc) is 2.46. The molecule has 0 aliphatic carbocycles. The molecular weight excluding hydrogens is 334 g/mol. The number of nitrogens with one attached hydrogen (secondary N) is 2. The van der Waals surface area contributed by atoms with Crippen LogP contribution < -0.4 is 10.6 Å². The smallest absolute Gasteiger partial charge is 0.315 e. The van der Waals surface area contributed by atoms with E-state index in [-0.39, 0.29) is 10.6 Å². The van der Waals surface area contributed by atoms with Gasteiger partial charge in [-0.05, 0) is 30.7 Å². The zero-order valence-electron chi connectivity index (χ0n) is 11.6. The summed E-state index contributed by atoms with van der Waals surface area (Å²) in [5.74, 6) is 0. The number of halogens is 1. The Balaban J connectivity index is 2.25. The monoisotopic (exact) mass is 349 g/mol. The molecule has 2 aromatic carbocycles. The quantitative estimate of drug-likeness (QED) is 0.599. The van der Waals surface area contributed by atoms with E-state index in [1.165, 1.54) is 0 Å². The predicted octanol–water partition coefficient (Wildman–Crippen LogP) is 4.40. The first kappa shape index (κ1) is 15.3. The standard InChI is InChI=1S/C15H16BrN3O2/c1-2-17-13-8-5-9-14(15(13)19(20)21)18-10-11-6-3-4-7-12(11)16/h3-9,17-18H,2,10H2,1H3. The summed E-state index contributed by atoms with van der Waals surface area (Å²) >= 11 is 3.47. The first-order valence-corrected chi connectivity index (χ1v) is 7.41. The summed E-state index contributed by atoms with van der Waals surface area (Å²) in [6.07, 6.45) is 0. The molecule has 0 aromatic heterocycles. The van der Waals surface area contributed by atoms with Crippen LogP contribution in [0.25, 0.3) is 0 Å². The molecule has 21 heavy (non-hydrogen) atoms. The van der Waals surface area contributed by atoms with Gasteiger partial charge in [0.1, 0.15) is 11.4 Å². The van der Waals surface area contributed by atoms with Gasteiger partial charge < -0.3 is 10.6 Å². The molecule has 0 aliphatic rings. The summed E-state index contributed by atoms with van der Waals surface area (Å²) in [4.78, 5) is 11.0. The molecule has 110 valence electrons. The number of hydrogen-bond acceptors (Lipinski definition) is 4. The highest BCUT2D eigenvalue weighted by molar-refractivity contribution is 9.10. The molecule has 5 nitrogen and oxygen atoms in total. The van der Waals surface area contributed by atoms with Gasteiger partial charge in [0, 0.05) is 17.6 Å². The molecule has 0 heterocycles. The van der Waals surface area contributed by atoms with Gasteiger partial charge in [0.15, 0.2) is 0 Å². The topological polar surface area (TPSA) is 67.2 Å². The van der Waals surface area contributed by atoms with Crippen LogP contribution in [0.5, 0.6) is 0 Å². The van der Waals surface area contributed by atoms with Gasteiger partial charge in [0.2, 0.25) is 0 Å². The third-order valence-corrected chi connectivity index (χ3v) is 3.79. The Morgan fingerprint density at radius 1 is 1.10 bits per heavy atom. The fourth-order valence-corrected chi connectivity index (χ4v) is 2.47. The van der Waals surface area contributed by atoms with Crippen molar-refractivity contribution in [1.82, 2.24) is 0 Å². The Morgan fingerprint density at radius 3 is 2.38 bits per heavy atom. The van der Waals surface area contributed by atoms with Crippen LogP contribution in [0.15, 0.2) is 46.9 Å². The van der Waals surface area contributed by atoms with Gasteiger partial charge in [0.25, 0.3) is 0 Å². The maximum Gasteiger partial charge on any atom is 0.315 e. The average molecular weight is 350 g/mol. The predicted molar refractivity (Wildman–Crippen MR) is 88.7 cm³/mol. The lowest BCUT2D eigenvalue weighted by Crippen LogP contribution is -2.06. The van der Waals surface area contributed by atoms with Crippen molar-refractivity contribution in [1.29, 1.82) is 0 Å². The summed E-state index contributed by atoms with van der Waals surface area (Å²) in [6.45, 7) is 3.05. The van der Waals surface area contributed by atoms with Gasteiger partial charge in [-0.25, -0.2) is 0 Å². The SMILES string of the molecule is CCNc1cccc(NCc2ccccc2Br)c1[N+](=O)[O-]. The van der Waals surface area contributed by atoms with Gasteiger partial charge in [0.05, 0.1) is 4.92 Å². The molecule has 2 N–H and O–H groups in total. The van der Waals surface area contributed by atoms with Gasteiger partial charge in [-0.1, -0.05) is 40.2 Å². The van der Waals surface area contributed by atoms with E-state index in [4.69, 9.17) is 0 Å². The summed E-state index contributed by atoms with van der Waals surface area (Å²) in [5, 5.41) is 17.5. The van der Waals surface area contributed by atoms with Crippen LogP contribution in [0.4, 0.5) is 17.1 Å². The largest absolute Gasteiger partial charge is 0.380 e. The van der Waals surface area contributed by atoms with E-state index in [2.05, 4.69) is 26.6 Å². The van der Waals surface area contributed by atoms with Crippen molar-refractivity contribution in [3.05, 3.63) is 62.6 Å². The second-order valence-electron chi connectivity index (χ2n) is 4.43. The maximum absolute atomic E-state index is 11.3. The van der Waals surface area contributed by atoms with E-state index in [0.717, 1.165) is 10.0 Å². The highest BCUT2D eigenvalue weighted by Crippen LogP contribution is 2.33. The zero-order valence-corrected chi connectivity index (χ0v) is 13.2. The number of anilines is 2. The minimum absolute atomic E-state index is 0.0754. The molecule has 0 amide bonds. The highest BCUT2D eigenvalue weighted by atomic mass is 79.9. The molecule has 0 unspecified atom stereocenters. The Bertz CT molecular complexity index is 647. The van der Waals surface area contributed by atoms with Crippen LogP contribution in [0.3, 0.4) is 0 Å². The third kappa shape index (κ3) is 3.72. The molecule has 0 aliphatic heterocycles. The molecule has 2 aromatic rings. The van der Waals surface area contributed by atoms with Crippen molar-refractivity contribution in [3.8, 4) is 0 Å².